The summed E-state index contributed by atoms with van der Waals surface area (Å²) >= 11 is 0. The number of carbonyl (C=O) groups is 2. The number of aryl methyl sites for hydroxylation is 2. The van der Waals surface area contributed by atoms with Crippen molar-refractivity contribution in [1.82, 2.24) is 80.3 Å². The lowest BCUT2D eigenvalue weighted by Gasteiger charge is -2.18. The molecule has 372 valence electrons. The normalized spacial score (nSPS) is 13.3. The molecule has 0 saturated heterocycles. The van der Waals surface area contributed by atoms with E-state index in [1.54, 1.807) is 46.8 Å². The van der Waals surface area contributed by atoms with Crippen LogP contribution in [0.25, 0.3) is 22.5 Å². The third-order valence-corrected chi connectivity index (χ3v) is 12.4. The van der Waals surface area contributed by atoms with Gasteiger partial charge in [0, 0.05) is 87.1 Å². The highest BCUT2D eigenvalue weighted by molar-refractivity contribution is 5.94. The molecule has 2 aromatic carbocycles. The van der Waals surface area contributed by atoms with Crippen molar-refractivity contribution < 1.29 is 9.59 Å². The van der Waals surface area contributed by atoms with Crippen LogP contribution < -0.4 is 31.9 Å². The zero-order chi connectivity index (χ0) is 50.6. The predicted octanol–water partition coefficient (Wildman–Crippen LogP) is 6.75. The van der Waals surface area contributed by atoms with E-state index in [9.17, 15) is 9.59 Å². The molecule has 20 nitrogen and oxygen atoms in total. The summed E-state index contributed by atoms with van der Waals surface area (Å²) in [5.74, 6) is 2.64. The molecule has 8 aromatic rings. The van der Waals surface area contributed by atoms with Gasteiger partial charge in [-0.2, -0.15) is 20.4 Å². The van der Waals surface area contributed by atoms with E-state index in [2.05, 4.69) is 84.4 Å². The molecular formula is C52H62N18O2. The molecule has 0 saturated carbocycles. The standard InChI is InChI=1S/2C26H31N9O/c2*1-17-9-18(5-6-19(17)12-28-25(36)20-13-31-35(15-20)26(2,3)4)22-11-23(30-16-29-22)32-24-10-21-14-27-7-8-34(21)33-24/h2*5-6,9-11,13,15-16,27H,7-8,12,14H2,1-4H3,(H,28,36)(H,29,30,32,33). The minimum atomic E-state index is -0.170. The van der Waals surface area contributed by atoms with Crippen LogP contribution in [0.1, 0.15) is 95.9 Å². The largest absolute Gasteiger partial charge is 0.348 e. The Kier molecular flexibility index (Phi) is 14.1. The summed E-state index contributed by atoms with van der Waals surface area (Å²) in [7, 11) is 0. The Morgan fingerprint density at radius 3 is 1.38 bits per heavy atom. The monoisotopic (exact) mass is 971 g/mol. The molecule has 20 heteroatoms. The highest BCUT2D eigenvalue weighted by atomic mass is 16.2. The Hall–Kier alpha value is -8.10. The summed E-state index contributed by atoms with van der Waals surface area (Å²) in [6.45, 7) is 22.4. The molecule has 2 amide bonds. The minimum Gasteiger partial charge on any atom is -0.348 e. The fourth-order valence-corrected chi connectivity index (χ4v) is 8.21. The summed E-state index contributed by atoms with van der Waals surface area (Å²) in [6.07, 6.45) is 9.87. The van der Waals surface area contributed by atoms with Crippen molar-refractivity contribution in [3.8, 4) is 22.5 Å². The zero-order valence-corrected chi connectivity index (χ0v) is 42.1. The van der Waals surface area contributed by atoms with Gasteiger partial charge in [0.25, 0.3) is 11.8 Å². The first-order chi connectivity index (χ1) is 34.5. The van der Waals surface area contributed by atoms with Crippen LogP contribution in [0.2, 0.25) is 0 Å². The van der Waals surface area contributed by atoms with Gasteiger partial charge in [-0.3, -0.25) is 28.3 Å². The van der Waals surface area contributed by atoms with Crippen molar-refractivity contribution in [2.75, 3.05) is 23.7 Å². The highest BCUT2D eigenvalue weighted by Gasteiger charge is 2.20. The third kappa shape index (κ3) is 11.7. The maximum atomic E-state index is 12.6. The second kappa shape index (κ2) is 20.7. The zero-order valence-electron chi connectivity index (χ0n) is 42.1. The first-order valence-electron chi connectivity index (χ1n) is 24.1. The molecule has 0 aliphatic carbocycles. The first-order valence-corrected chi connectivity index (χ1v) is 24.1. The van der Waals surface area contributed by atoms with Crippen LogP contribution in [0.15, 0.2) is 98.1 Å². The molecule has 6 N–H and O–H groups in total. The van der Waals surface area contributed by atoms with Crippen molar-refractivity contribution in [1.29, 1.82) is 0 Å². The number of rotatable bonds is 12. The number of nitrogens with one attached hydrogen (secondary N) is 6. The van der Waals surface area contributed by atoms with Crippen molar-refractivity contribution in [3.05, 3.63) is 143 Å². The van der Waals surface area contributed by atoms with E-state index in [1.165, 1.54) is 0 Å². The quantitative estimate of drug-likeness (QED) is 0.0744. The average molecular weight is 971 g/mol. The highest BCUT2D eigenvalue weighted by Crippen LogP contribution is 2.26. The van der Waals surface area contributed by atoms with E-state index in [0.29, 0.717) is 35.9 Å². The van der Waals surface area contributed by atoms with Crippen molar-refractivity contribution in [3.63, 3.8) is 0 Å². The van der Waals surface area contributed by atoms with Gasteiger partial charge in [0.05, 0.1) is 70.5 Å². The molecule has 10 rings (SSSR count). The van der Waals surface area contributed by atoms with Crippen molar-refractivity contribution in [2.45, 2.75) is 106 Å². The van der Waals surface area contributed by atoms with Gasteiger partial charge >= 0.3 is 0 Å². The Bertz CT molecular complexity index is 2960. The number of anilines is 4. The summed E-state index contributed by atoms with van der Waals surface area (Å²) < 4.78 is 7.62. The van der Waals surface area contributed by atoms with E-state index < -0.39 is 0 Å². The van der Waals surface area contributed by atoms with Gasteiger partial charge in [0.1, 0.15) is 24.3 Å². The van der Waals surface area contributed by atoms with E-state index in [4.69, 9.17) is 0 Å². The summed E-state index contributed by atoms with van der Waals surface area (Å²) in [5.41, 5.74) is 10.9. The maximum Gasteiger partial charge on any atom is 0.254 e. The first kappa shape index (κ1) is 48.9. The fourth-order valence-electron chi connectivity index (χ4n) is 8.21. The van der Waals surface area contributed by atoms with Crippen LogP contribution in [-0.2, 0) is 50.3 Å². The molecule has 0 fully saturated rings. The van der Waals surface area contributed by atoms with Crippen LogP contribution in [0.4, 0.5) is 23.3 Å². The van der Waals surface area contributed by atoms with Gasteiger partial charge in [-0.1, -0.05) is 24.3 Å². The minimum absolute atomic E-state index is 0.141. The fraction of sp³-hybridized carbons (Fsp3) is 0.346. The molecule has 0 unspecified atom stereocenters. The number of carbonyl (C=O) groups excluding carboxylic acids is 2. The number of benzene rings is 2. The lowest BCUT2D eigenvalue weighted by Crippen LogP contribution is -2.28. The molecule has 0 radical (unpaired) electrons. The number of hydrogen-bond acceptors (Lipinski definition) is 14. The number of fused-ring (bicyclic) bond motifs is 2. The molecule has 2 aliphatic heterocycles. The predicted molar refractivity (Wildman–Crippen MR) is 276 cm³/mol. The van der Waals surface area contributed by atoms with Gasteiger partial charge in [-0.05, 0) is 89.8 Å². The molecule has 0 atom stereocenters. The molecule has 0 spiro atoms. The van der Waals surface area contributed by atoms with Gasteiger partial charge in [-0.15, -0.1) is 0 Å². The van der Waals surface area contributed by atoms with E-state index in [1.807, 2.05) is 113 Å². The smallest absolute Gasteiger partial charge is 0.254 e. The van der Waals surface area contributed by atoms with Gasteiger partial charge in [-0.25, -0.2) is 19.9 Å². The summed E-state index contributed by atoms with van der Waals surface area (Å²) in [4.78, 5) is 42.9. The van der Waals surface area contributed by atoms with Crippen molar-refractivity contribution in [2.24, 2.45) is 0 Å². The molecule has 0 bridgehead atoms. The Labute approximate surface area is 418 Å². The third-order valence-electron chi connectivity index (χ3n) is 12.4. The molecular weight excluding hydrogens is 909 g/mol. The summed E-state index contributed by atoms with van der Waals surface area (Å²) in [6, 6.07) is 20.1. The lowest BCUT2D eigenvalue weighted by molar-refractivity contribution is 0.0942. The van der Waals surface area contributed by atoms with E-state index in [0.717, 1.165) is 107 Å². The van der Waals surface area contributed by atoms with Crippen LogP contribution in [-0.4, -0.2) is 84.0 Å². The SMILES string of the molecule is Cc1cc(-c2cc(Nc3cc4n(n3)CCNC4)ncn2)ccc1CNC(=O)c1cnn(C(C)(C)C)c1.Cc1cc(-c2cc(Nc3cc4n(n3)CCNC4)ncn2)ccc1CNC(=O)c1cnn(C(C)(C)C)c1. The van der Waals surface area contributed by atoms with Gasteiger partial charge in [0.2, 0.25) is 0 Å². The van der Waals surface area contributed by atoms with Crippen LogP contribution in [0.5, 0.6) is 0 Å². The van der Waals surface area contributed by atoms with Crippen LogP contribution in [0.3, 0.4) is 0 Å². The van der Waals surface area contributed by atoms with E-state index >= 15 is 0 Å². The second-order valence-electron chi connectivity index (χ2n) is 20.0. The van der Waals surface area contributed by atoms with Gasteiger partial charge in [0.15, 0.2) is 11.6 Å². The van der Waals surface area contributed by atoms with E-state index in [-0.39, 0.29) is 22.9 Å². The average Bonchev–Trinajstić information content (AvgIpc) is 4.20. The molecule has 8 heterocycles. The molecule has 2 aliphatic rings. The Morgan fingerprint density at radius 1 is 0.569 bits per heavy atom. The second-order valence-corrected chi connectivity index (χ2v) is 20.0. The number of hydrogen-bond donors (Lipinski definition) is 6. The molecule has 72 heavy (non-hydrogen) atoms. The maximum absolute atomic E-state index is 12.6. The van der Waals surface area contributed by atoms with Crippen molar-refractivity contribution >= 4 is 35.1 Å². The topological polar surface area (TPSA) is 229 Å². The van der Waals surface area contributed by atoms with Crippen LogP contribution >= 0.6 is 0 Å². The van der Waals surface area contributed by atoms with Gasteiger partial charge < -0.3 is 31.9 Å². The van der Waals surface area contributed by atoms with Crippen LogP contribution in [0, 0.1) is 13.8 Å². The Balaban J connectivity index is 0.000000178. The number of aromatic nitrogens is 12. The Morgan fingerprint density at radius 2 is 1.00 bits per heavy atom. The number of nitrogens with zero attached hydrogens (tertiary/aromatic N) is 12. The summed E-state index contributed by atoms with van der Waals surface area (Å²) in [5, 5.41) is 37.1. The number of amides is 2. The molecule has 6 aromatic heterocycles. The lowest BCUT2D eigenvalue weighted by atomic mass is 10.0.